The number of nitrogens with zero attached hydrogens (tertiary/aromatic N) is 1. The number of thioether (sulfide) groups is 1. The van der Waals surface area contributed by atoms with Crippen LogP contribution in [0.2, 0.25) is 0 Å². The highest BCUT2D eigenvalue weighted by Crippen LogP contribution is 2.41. The molecular formula is C27H25NO2S. The number of benzene rings is 3. The van der Waals surface area contributed by atoms with E-state index >= 15 is 0 Å². The molecule has 31 heavy (non-hydrogen) atoms. The number of carbonyl (C=O) groups is 1. The van der Waals surface area contributed by atoms with E-state index in [1.54, 1.807) is 14.0 Å². The van der Waals surface area contributed by atoms with E-state index in [1.165, 1.54) is 17.7 Å². The number of hydrogen-bond donors (Lipinski definition) is 0. The first-order valence-corrected chi connectivity index (χ1v) is 11.5. The zero-order valence-corrected chi connectivity index (χ0v) is 18.6. The van der Waals surface area contributed by atoms with Gasteiger partial charge < -0.3 is 9.30 Å². The second-order valence-electron chi connectivity index (χ2n) is 8.08. The van der Waals surface area contributed by atoms with Crippen LogP contribution in [-0.2, 0) is 6.54 Å². The van der Waals surface area contributed by atoms with Crippen LogP contribution in [0.25, 0.3) is 22.0 Å². The summed E-state index contributed by atoms with van der Waals surface area (Å²) in [5.41, 5.74) is 5.04. The van der Waals surface area contributed by atoms with Crippen molar-refractivity contribution in [2.75, 3.05) is 7.11 Å². The number of aromatic nitrogens is 1. The van der Waals surface area contributed by atoms with Crippen LogP contribution in [0.4, 0.5) is 0 Å². The molecule has 156 valence electrons. The van der Waals surface area contributed by atoms with Gasteiger partial charge in [0.25, 0.3) is 0 Å². The van der Waals surface area contributed by atoms with E-state index in [2.05, 4.69) is 47.0 Å². The van der Waals surface area contributed by atoms with Crippen molar-refractivity contribution in [1.82, 2.24) is 4.57 Å². The van der Waals surface area contributed by atoms with Crippen molar-refractivity contribution in [3.05, 3.63) is 84.1 Å². The normalized spacial score (nSPS) is 13.5. The molecule has 4 heteroatoms. The summed E-state index contributed by atoms with van der Waals surface area (Å²) in [5.74, 6) is 0.896. The largest absolute Gasteiger partial charge is 0.497 e. The second-order valence-corrected chi connectivity index (χ2v) is 9.45. The van der Waals surface area contributed by atoms with Crippen molar-refractivity contribution in [2.45, 2.75) is 36.5 Å². The monoisotopic (exact) mass is 427 g/mol. The number of ketones is 1. The van der Waals surface area contributed by atoms with E-state index in [0.717, 1.165) is 44.3 Å². The topological polar surface area (TPSA) is 31.2 Å². The van der Waals surface area contributed by atoms with Gasteiger partial charge in [-0.05, 0) is 54.3 Å². The molecule has 4 aromatic rings. The SMILES string of the molecule is COc1cccc(Cn2c(C(C)=O)c(-c3ccc(SC4CC4)cc3)c3ccccc32)c1. The molecule has 0 saturated heterocycles. The first-order chi connectivity index (χ1) is 15.1. The predicted octanol–water partition coefficient (Wildman–Crippen LogP) is 6.82. The number of rotatable bonds is 7. The summed E-state index contributed by atoms with van der Waals surface area (Å²) in [6.07, 6.45) is 2.64. The summed E-state index contributed by atoms with van der Waals surface area (Å²) < 4.78 is 7.54. The number of ether oxygens (including phenoxy) is 1. The van der Waals surface area contributed by atoms with E-state index in [9.17, 15) is 4.79 Å². The minimum Gasteiger partial charge on any atom is -0.497 e. The number of para-hydroxylation sites is 1. The summed E-state index contributed by atoms with van der Waals surface area (Å²) in [5, 5.41) is 1.89. The molecule has 0 N–H and O–H groups in total. The molecule has 1 saturated carbocycles. The Bertz CT molecular complexity index is 1250. The van der Waals surface area contributed by atoms with Crippen LogP contribution in [0, 0.1) is 0 Å². The summed E-state index contributed by atoms with van der Waals surface area (Å²) in [4.78, 5) is 14.2. The molecule has 1 heterocycles. The van der Waals surface area contributed by atoms with Crippen LogP contribution in [0.15, 0.2) is 77.7 Å². The third-order valence-corrected chi connectivity index (χ3v) is 7.10. The Morgan fingerprint density at radius 2 is 1.81 bits per heavy atom. The molecule has 0 spiro atoms. The summed E-state index contributed by atoms with van der Waals surface area (Å²) in [6, 6.07) is 25.0. The highest BCUT2D eigenvalue weighted by Gasteiger charge is 2.24. The van der Waals surface area contributed by atoms with Gasteiger partial charge in [-0.2, -0.15) is 0 Å². The molecule has 0 amide bonds. The van der Waals surface area contributed by atoms with Crippen LogP contribution in [0.5, 0.6) is 5.75 Å². The molecule has 3 aromatic carbocycles. The lowest BCUT2D eigenvalue weighted by Gasteiger charge is -2.12. The zero-order chi connectivity index (χ0) is 21.4. The Hall–Kier alpha value is -2.98. The number of carbonyl (C=O) groups excluding carboxylic acids is 1. The fraction of sp³-hybridized carbons (Fsp3) is 0.222. The Morgan fingerprint density at radius 1 is 1.03 bits per heavy atom. The Labute approximate surface area is 187 Å². The lowest BCUT2D eigenvalue weighted by molar-refractivity contribution is 0.101. The first kappa shape index (κ1) is 20.0. The van der Waals surface area contributed by atoms with E-state index in [-0.39, 0.29) is 5.78 Å². The standard InChI is InChI=1S/C27H25NO2S/c1-18(29)27-26(20-10-12-22(13-11-20)31-23-14-15-23)24-8-3-4-9-25(24)28(27)17-19-6-5-7-21(16-19)30-2/h3-13,16,23H,14-15,17H2,1-2H3. The first-order valence-electron chi connectivity index (χ1n) is 10.7. The Balaban J connectivity index is 1.64. The molecule has 0 radical (unpaired) electrons. The number of methoxy groups -OCH3 is 1. The Morgan fingerprint density at radius 3 is 2.52 bits per heavy atom. The van der Waals surface area contributed by atoms with E-state index < -0.39 is 0 Å². The molecule has 0 aliphatic heterocycles. The molecule has 1 aliphatic carbocycles. The molecule has 1 fully saturated rings. The van der Waals surface area contributed by atoms with Gasteiger partial charge in [-0.25, -0.2) is 0 Å². The van der Waals surface area contributed by atoms with Crippen LogP contribution in [0.3, 0.4) is 0 Å². The third-order valence-electron chi connectivity index (χ3n) is 5.75. The number of Topliss-reactive ketones (excluding diaryl/α,β-unsaturated/α-hetero) is 1. The van der Waals surface area contributed by atoms with Gasteiger partial charge in [0.2, 0.25) is 0 Å². The fourth-order valence-electron chi connectivity index (χ4n) is 4.16. The minimum absolute atomic E-state index is 0.0746. The van der Waals surface area contributed by atoms with Gasteiger partial charge in [-0.1, -0.05) is 42.5 Å². The van der Waals surface area contributed by atoms with Gasteiger partial charge in [0, 0.05) is 40.1 Å². The van der Waals surface area contributed by atoms with Crippen LogP contribution in [0.1, 0.15) is 35.8 Å². The second kappa shape index (κ2) is 8.27. The molecule has 0 bridgehead atoms. The lowest BCUT2D eigenvalue weighted by atomic mass is 10.0. The van der Waals surface area contributed by atoms with Gasteiger partial charge in [0.1, 0.15) is 5.75 Å². The van der Waals surface area contributed by atoms with Crippen LogP contribution >= 0.6 is 11.8 Å². The van der Waals surface area contributed by atoms with Crippen molar-refractivity contribution >= 4 is 28.4 Å². The molecule has 1 aromatic heterocycles. The molecule has 0 unspecified atom stereocenters. The fourth-order valence-corrected chi connectivity index (χ4v) is 5.21. The highest BCUT2D eigenvalue weighted by molar-refractivity contribution is 8.00. The maximum atomic E-state index is 12.9. The van der Waals surface area contributed by atoms with Gasteiger partial charge in [0.05, 0.1) is 12.8 Å². The summed E-state index contributed by atoms with van der Waals surface area (Å²) in [7, 11) is 1.68. The van der Waals surface area contributed by atoms with Crippen molar-refractivity contribution < 1.29 is 9.53 Å². The molecule has 1 aliphatic rings. The molecule has 5 rings (SSSR count). The zero-order valence-electron chi connectivity index (χ0n) is 17.8. The minimum atomic E-state index is 0.0746. The van der Waals surface area contributed by atoms with E-state index in [0.29, 0.717) is 6.54 Å². The van der Waals surface area contributed by atoms with Crippen molar-refractivity contribution in [2.24, 2.45) is 0 Å². The van der Waals surface area contributed by atoms with Gasteiger partial charge in [0.15, 0.2) is 5.78 Å². The van der Waals surface area contributed by atoms with Crippen molar-refractivity contribution in [1.29, 1.82) is 0 Å². The van der Waals surface area contributed by atoms with Crippen LogP contribution in [-0.4, -0.2) is 22.7 Å². The predicted molar refractivity (Wildman–Crippen MR) is 128 cm³/mol. The quantitative estimate of drug-likeness (QED) is 0.303. The summed E-state index contributed by atoms with van der Waals surface area (Å²) in [6.45, 7) is 2.28. The van der Waals surface area contributed by atoms with Gasteiger partial charge in [-0.15, -0.1) is 11.8 Å². The number of fused-ring (bicyclic) bond motifs is 1. The van der Waals surface area contributed by atoms with E-state index in [1.807, 2.05) is 42.1 Å². The average molecular weight is 428 g/mol. The smallest absolute Gasteiger partial charge is 0.176 e. The molecule has 3 nitrogen and oxygen atoms in total. The van der Waals surface area contributed by atoms with E-state index in [4.69, 9.17) is 4.74 Å². The average Bonchev–Trinajstić information content (AvgIpc) is 3.55. The van der Waals surface area contributed by atoms with Crippen molar-refractivity contribution in [3.63, 3.8) is 0 Å². The molecular weight excluding hydrogens is 402 g/mol. The summed E-state index contributed by atoms with van der Waals surface area (Å²) >= 11 is 1.95. The lowest BCUT2D eigenvalue weighted by Crippen LogP contribution is -2.09. The maximum absolute atomic E-state index is 12.9. The highest BCUT2D eigenvalue weighted by atomic mass is 32.2. The van der Waals surface area contributed by atoms with Crippen molar-refractivity contribution in [3.8, 4) is 16.9 Å². The maximum Gasteiger partial charge on any atom is 0.176 e. The third kappa shape index (κ3) is 4.00. The Kier molecular flexibility index (Phi) is 5.33. The van der Waals surface area contributed by atoms with Gasteiger partial charge >= 0.3 is 0 Å². The molecule has 0 atom stereocenters. The van der Waals surface area contributed by atoms with Crippen LogP contribution < -0.4 is 4.74 Å². The van der Waals surface area contributed by atoms with Gasteiger partial charge in [-0.3, -0.25) is 4.79 Å². The number of hydrogen-bond acceptors (Lipinski definition) is 3.